The molecule has 0 heterocycles. The largest absolute Gasteiger partial charge is 0.399 e. The number of rotatable bonds is 6. The standard InChI is InChI=1S/C14H20ClNOSi/c1-14(11-16,17-18(2,3)12-15)10-9-13-7-5-4-6-8-13/h4-8H,9-10,12H2,1-3H3. The lowest BCUT2D eigenvalue weighted by Gasteiger charge is -2.31. The van der Waals surface area contributed by atoms with Crippen molar-refractivity contribution in [3.8, 4) is 6.07 Å². The molecule has 2 nitrogen and oxygen atoms in total. The second-order valence-corrected chi connectivity index (χ2v) is 10.1. The topological polar surface area (TPSA) is 33.0 Å². The van der Waals surface area contributed by atoms with Crippen molar-refractivity contribution in [3.05, 3.63) is 35.9 Å². The molecule has 0 amide bonds. The molecule has 1 atom stereocenters. The molecular weight excluding hydrogens is 262 g/mol. The molecule has 1 aromatic rings. The van der Waals surface area contributed by atoms with Crippen LogP contribution in [-0.2, 0) is 10.8 Å². The number of hydrogen-bond acceptors (Lipinski definition) is 2. The summed E-state index contributed by atoms with van der Waals surface area (Å²) >= 11 is 5.90. The van der Waals surface area contributed by atoms with Gasteiger partial charge in [0.25, 0.3) is 0 Å². The van der Waals surface area contributed by atoms with Gasteiger partial charge in [-0.2, -0.15) is 5.26 Å². The fraction of sp³-hybridized carbons (Fsp3) is 0.500. The van der Waals surface area contributed by atoms with Crippen LogP contribution in [0.3, 0.4) is 0 Å². The van der Waals surface area contributed by atoms with E-state index >= 15 is 0 Å². The molecule has 0 spiro atoms. The average molecular weight is 282 g/mol. The van der Waals surface area contributed by atoms with Gasteiger partial charge >= 0.3 is 0 Å². The van der Waals surface area contributed by atoms with Crippen LogP contribution in [0.2, 0.25) is 13.1 Å². The molecule has 0 saturated heterocycles. The highest BCUT2D eigenvalue weighted by molar-refractivity contribution is 6.77. The molecule has 1 unspecified atom stereocenters. The van der Waals surface area contributed by atoms with Gasteiger partial charge in [0.1, 0.15) is 5.60 Å². The van der Waals surface area contributed by atoms with Gasteiger partial charge < -0.3 is 4.43 Å². The van der Waals surface area contributed by atoms with E-state index < -0.39 is 13.9 Å². The molecule has 18 heavy (non-hydrogen) atoms. The SMILES string of the molecule is CC(C#N)(CCc1ccccc1)O[Si](C)(C)CCl. The fourth-order valence-electron chi connectivity index (χ4n) is 1.79. The zero-order valence-corrected chi connectivity index (χ0v) is 13.0. The normalized spacial score (nSPS) is 14.8. The first kappa shape index (κ1) is 15.2. The highest BCUT2D eigenvalue weighted by Gasteiger charge is 2.33. The Balaban J connectivity index is 2.64. The van der Waals surface area contributed by atoms with Gasteiger partial charge in [-0.3, -0.25) is 0 Å². The van der Waals surface area contributed by atoms with Gasteiger partial charge in [0.05, 0.1) is 6.07 Å². The first-order chi connectivity index (χ1) is 8.41. The van der Waals surface area contributed by atoms with Gasteiger partial charge in [-0.1, -0.05) is 30.3 Å². The van der Waals surface area contributed by atoms with Crippen molar-refractivity contribution in [2.45, 2.75) is 38.5 Å². The number of alkyl halides is 1. The average Bonchev–Trinajstić information content (AvgIpc) is 2.37. The molecule has 0 aliphatic heterocycles. The molecule has 4 heteroatoms. The lowest BCUT2D eigenvalue weighted by Crippen LogP contribution is -2.44. The Bertz CT molecular complexity index is 416. The number of nitrogens with zero attached hydrogens (tertiary/aromatic N) is 1. The number of benzene rings is 1. The van der Waals surface area contributed by atoms with Crippen LogP contribution in [0.4, 0.5) is 0 Å². The van der Waals surface area contributed by atoms with Crippen molar-refractivity contribution >= 4 is 19.9 Å². The maximum atomic E-state index is 9.33. The monoisotopic (exact) mass is 281 g/mol. The van der Waals surface area contributed by atoms with Crippen LogP contribution in [0.1, 0.15) is 18.9 Å². The Labute approximate surface area is 116 Å². The number of hydrogen-bond donors (Lipinski definition) is 0. The first-order valence-electron chi connectivity index (χ1n) is 6.12. The van der Waals surface area contributed by atoms with Crippen molar-refractivity contribution in [2.24, 2.45) is 0 Å². The molecule has 0 aromatic heterocycles. The Morgan fingerprint density at radius 3 is 2.44 bits per heavy atom. The van der Waals surface area contributed by atoms with Crippen molar-refractivity contribution in [1.29, 1.82) is 5.26 Å². The van der Waals surface area contributed by atoms with Crippen LogP contribution in [-0.4, -0.2) is 19.4 Å². The Morgan fingerprint density at radius 1 is 1.33 bits per heavy atom. The predicted octanol–water partition coefficient (Wildman–Crippen LogP) is 3.90. The van der Waals surface area contributed by atoms with Crippen molar-refractivity contribution < 1.29 is 4.43 Å². The Hall–Kier alpha value is -0.823. The molecule has 0 bridgehead atoms. The lowest BCUT2D eigenvalue weighted by atomic mass is 9.98. The van der Waals surface area contributed by atoms with Crippen molar-refractivity contribution in [3.63, 3.8) is 0 Å². The maximum absolute atomic E-state index is 9.33. The third kappa shape index (κ3) is 4.81. The van der Waals surface area contributed by atoms with Crippen LogP contribution in [0.5, 0.6) is 0 Å². The third-order valence-electron chi connectivity index (χ3n) is 2.79. The summed E-state index contributed by atoms with van der Waals surface area (Å²) in [5.41, 5.74) is 1.00. The van der Waals surface area contributed by atoms with E-state index in [-0.39, 0.29) is 0 Å². The quantitative estimate of drug-likeness (QED) is 0.585. The highest BCUT2D eigenvalue weighted by atomic mass is 35.5. The van der Waals surface area contributed by atoms with Crippen LogP contribution in [0, 0.1) is 11.3 Å². The summed E-state index contributed by atoms with van der Waals surface area (Å²) in [6.07, 6.45) is 1.54. The number of halogens is 1. The number of aryl methyl sites for hydroxylation is 1. The minimum absolute atomic E-state index is 0.510. The second-order valence-electron chi connectivity index (χ2n) is 5.32. The summed E-state index contributed by atoms with van der Waals surface area (Å²) in [6.45, 7) is 5.94. The molecule has 0 aliphatic rings. The van der Waals surface area contributed by atoms with Crippen LogP contribution >= 0.6 is 11.6 Å². The second kappa shape index (κ2) is 6.37. The van der Waals surface area contributed by atoms with E-state index in [9.17, 15) is 5.26 Å². The summed E-state index contributed by atoms with van der Waals surface area (Å²) in [4.78, 5) is 0. The molecule has 0 aliphatic carbocycles. The van der Waals surface area contributed by atoms with E-state index in [4.69, 9.17) is 16.0 Å². The summed E-state index contributed by atoms with van der Waals surface area (Å²) < 4.78 is 5.99. The Morgan fingerprint density at radius 2 is 1.94 bits per heavy atom. The summed E-state index contributed by atoms with van der Waals surface area (Å²) in [5.74, 6) is 0. The minimum Gasteiger partial charge on any atom is -0.399 e. The lowest BCUT2D eigenvalue weighted by molar-refractivity contribution is 0.130. The van der Waals surface area contributed by atoms with Gasteiger partial charge in [0, 0.05) is 5.50 Å². The van der Waals surface area contributed by atoms with Crippen LogP contribution in [0.15, 0.2) is 30.3 Å². The molecule has 1 rings (SSSR count). The zero-order chi connectivity index (χ0) is 13.6. The van der Waals surface area contributed by atoms with Gasteiger partial charge in [0.15, 0.2) is 0 Å². The summed E-state index contributed by atoms with van der Waals surface area (Å²) in [5, 5.41) is 9.33. The Kier molecular flexibility index (Phi) is 5.40. The van der Waals surface area contributed by atoms with Crippen molar-refractivity contribution in [2.75, 3.05) is 5.50 Å². The minimum atomic E-state index is -1.93. The maximum Gasteiger partial charge on any atom is 0.203 e. The first-order valence-corrected chi connectivity index (χ1v) is 9.77. The van der Waals surface area contributed by atoms with Gasteiger partial charge in [-0.15, -0.1) is 11.6 Å². The summed E-state index contributed by atoms with van der Waals surface area (Å²) in [7, 11) is -1.93. The highest BCUT2D eigenvalue weighted by Crippen LogP contribution is 2.23. The predicted molar refractivity (Wildman–Crippen MR) is 78.1 cm³/mol. The number of nitriles is 1. The van der Waals surface area contributed by atoms with E-state index in [1.165, 1.54) is 5.56 Å². The van der Waals surface area contributed by atoms with E-state index in [2.05, 4.69) is 18.2 Å². The van der Waals surface area contributed by atoms with Crippen molar-refractivity contribution in [1.82, 2.24) is 0 Å². The van der Waals surface area contributed by atoms with Crippen LogP contribution < -0.4 is 0 Å². The van der Waals surface area contributed by atoms with Crippen LogP contribution in [0.25, 0.3) is 0 Å². The zero-order valence-electron chi connectivity index (χ0n) is 11.2. The van der Waals surface area contributed by atoms with Gasteiger partial charge in [-0.05, 0) is 38.4 Å². The molecule has 0 radical (unpaired) electrons. The van der Waals surface area contributed by atoms with E-state index in [0.717, 1.165) is 6.42 Å². The van der Waals surface area contributed by atoms with Gasteiger partial charge in [-0.25, -0.2) is 0 Å². The molecule has 1 aromatic carbocycles. The smallest absolute Gasteiger partial charge is 0.203 e. The molecule has 0 N–H and O–H groups in total. The molecular formula is C14H20ClNOSi. The molecule has 0 fully saturated rings. The fourth-order valence-corrected chi connectivity index (χ4v) is 3.38. The van der Waals surface area contributed by atoms with E-state index in [1.54, 1.807) is 0 Å². The third-order valence-corrected chi connectivity index (χ3v) is 6.37. The molecule has 98 valence electrons. The summed E-state index contributed by atoms with van der Waals surface area (Å²) in [6, 6.07) is 12.5. The molecule has 0 saturated carbocycles. The van der Waals surface area contributed by atoms with E-state index in [1.807, 2.05) is 38.2 Å². The van der Waals surface area contributed by atoms with Gasteiger partial charge in [0.2, 0.25) is 8.32 Å². The van der Waals surface area contributed by atoms with E-state index in [0.29, 0.717) is 11.9 Å².